The Balaban J connectivity index is 2.28. The summed E-state index contributed by atoms with van der Waals surface area (Å²) in [6.45, 7) is 2.27. The number of benzene rings is 2. The molecule has 144 valence electrons. The molecule has 0 aromatic heterocycles. The van der Waals surface area contributed by atoms with Gasteiger partial charge in [-0.25, -0.2) is 13.1 Å². The second kappa shape index (κ2) is 8.65. The fourth-order valence-electron chi connectivity index (χ4n) is 2.38. The highest BCUT2D eigenvalue weighted by Crippen LogP contribution is 2.23. The van der Waals surface area contributed by atoms with E-state index in [2.05, 4.69) is 4.72 Å². The second-order valence-electron chi connectivity index (χ2n) is 5.56. The van der Waals surface area contributed by atoms with Crippen molar-refractivity contribution in [3.63, 3.8) is 0 Å². The summed E-state index contributed by atoms with van der Waals surface area (Å²) in [5.41, 5.74) is 0.240. The maximum atomic E-state index is 12.5. The third kappa shape index (κ3) is 5.53. The van der Waals surface area contributed by atoms with E-state index in [0.29, 0.717) is 17.9 Å². The van der Waals surface area contributed by atoms with Crippen molar-refractivity contribution in [2.24, 2.45) is 0 Å². The third-order valence-corrected chi connectivity index (χ3v) is 5.15. The van der Waals surface area contributed by atoms with Gasteiger partial charge in [0.25, 0.3) is 0 Å². The zero-order valence-electron chi connectivity index (χ0n) is 14.4. The highest BCUT2D eigenvalue weighted by molar-refractivity contribution is 7.89. The normalized spacial score (nSPS) is 12.3. The standard InChI is InChI=1S/C18H19NO7S/c1-2-26-14-7-3-12(4-8-14)16(11-17(20)21)19-27(24,25)15-9-5-13(6-10-15)18(22)23/h3-10,16,19H,2,11H2,1H3,(H,20,21)(H,22,23)/p-2/t16-/m1/s1. The van der Waals surface area contributed by atoms with Crippen LogP contribution >= 0.6 is 0 Å². The summed E-state index contributed by atoms with van der Waals surface area (Å²) in [5.74, 6) is -2.30. The van der Waals surface area contributed by atoms with Gasteiger partial charge in [-0.1, -0.05) is 24.3 Å². The van der Waals surface area contributed by atoms with Crippen LogP contribution in [0.1, 0.15) is 35.3 Å². The Labute approximate surface area is 156 Å². The Kier molecular flexibility index (Phi) is 6.54. The molecule has 0 amide bonds. The highest BCUT2D eigenvalue weighted by Gasteiger charge is 2.22. The van der Waals surface area contributed by atoms with Gasteiger partial charge in [0.2, 0.25) is 10.0 Å². The number of aromatic carboxylic acids is 1. The first-order valence-electron chi connectivity index (χ1n) is 7.99. The number of carboxylic acid groups (broad SMARTS) is 2. The molecule has 2 aromatic rings. The van der Waals surface area contributed by atoms with Crippen LogP contribution in [0.5, 0.6) is 5.75 Å². The lowest BCUT2D eigenvalue weighted by atomic mass is 10.0. The lowest BCUT2D eigenvalue weighted by molar-refractivity contribution is -0.306. The van der Waals surface area contributed by atoms with Crippen LogP contribution in [0.2, 0.25) is 0 Å². The van der Waals surface area contributed by atoms with Gasteiger partial charge in [-0.3, -0.25) is 0 Å². The Morgan fingerprint density at radius 2 is 1.63 bits per heavy atom. The van der Waals surface area contributed by atoms with Crippen molar-refractivity contribution >= 4 is 22.0 Å². The molecule has 1 N–H and O–H groups in total. The van der Waals surface area contributed by atoms with E-state index in [1.54, 1.807) is 24.3 Å². The molecule has 2 aromatic carbocycles. The number of ether oxygens (including phenoxy) is 1. The quantitative estimate of drug-likeness (QED) is 0.615. The van der Waals surface area contributed by atoms with Gasteiger partial charge in [-0.05, 0) is 42.3 Å². The van der Waals surface area contributed by atoms with Gasteiger partial charge in [0.15, 0.2) is 0 Å². The minimum atomic E-state index is -4.10. The number of rotatable bonds is 9. The largest absolute Gasteiger partial charge is 0.550 e. The fourth-order valence-corrected chi connectivity index (χ4v) is 3.61. The molecule has 0 aliphatic rings. The van der Waals surface area contributed by atoms with Crippen molar-refractivity contribution in [2.45, 2.75) is 24.3 Å². The predicted molar refractivity (Wildman–Crippen MR) is 91.1 cm³/mol. The topological polar surface area (TPSA) is 136 Å². The molecule has 0 saturated carbocycles. The molecule has 0 fully saturated rings. The van der Waals surface area contributed by atoms with Crippen LogP contribution in [-0.2, 0) is 14.8 Å². The maximum absolute atomic E-state index is 12.5. The van der Waals surface area contributed by atoms with Gasteiger partial charge < -0.3 is 24.5 Å². The highest BCUT2D eigenvalue weighted by atomic mass is 32.2. The number of hydrogen-bond acceptors (Lipinski definition) is 7. The van der Waals surface area contributed by atoms with Gasteiger partial charge in [-0.2, -0.15) is 0 Å². The predicted octanol–water partition coefficient (Wildman–Crippen LogP) is -0.392. The molecule has 27 heavy (non-hydrogen) atoms. The zero-order chi connectivity index (χ0) is 20.0. The zero-order valence-corrected chi connectivity index (χ0v) is 15.2. The number of carbonyl (C=O) groups is 2. The molecule has 0 aliphatic heterocycles. The van der Waals surface area contributed by atoms with Crippen molar-refractivity contribution in [1.82, 2.24) is 4.72 Å². The molecule has 0 saturated heterocycles. The number of aliphatic carboxylic acids is 1. The number of hydrogen-bond donors (Lipinski definition) is 1. The van der Waals surface area contributed by atoms with E-state index in [9.17, 15) is 28.2 Å². The van der Waals surface area contributed by atoms with Crippen LogP contribution in [0.15, 0.2) is 53.4 Å². The summed E-state index contributed by atoms with van der Waals surface area (Å²) >= 11 is 0. The number of carbonyl (C=O) groups excluding carboxylic acids is 2. The molecule has 0 bridgehead atoms. The Hall–Kier alpha value is -2.91. The van der Waals surface area contributed by atoms with E-state index in [-0.39, 0.29) is 10.5 Å². The minimum absolute atomic E-state index is 0.174. The van der Waals surface area contributed by atoms with Gasteiger partial charge in [-0.15, -0.1) is 0 Å². The molecule has 2 rings (SSSR count). The Morgan fingerprint density at radius 3 is 2.11 bits per heavy atom. The smallest absolute Gasteiger partial charge is 0.241 e. The van der Waals surface area contributed by atoms with E-state index >= 15 is 0 Å². The van der Waals surface area contributed by atoms with Crippen LogP contribution in [0.3, 0.4) is 0 Å². The van der Waals surface area contributed by atoms with E-state index in [0.717, 1.165) is 24.3 Å². The van der Waals surface area contributed by atoms with Crippen molar-refractivity contribution in [2.75, 3.05) is 6.61 Å². The monoisotopic (exact) mass is 391 g/mol. The van der Waals surface area contributed by atoms with Gasteiger partial charge in [0.1, 0.15) is 5.75 Å². The average Bonchev–Trinajstić information content (AvgIpc) is 2.61. The van der Waals surface area contributed by atoms with Crippen molar-refractivity contribution in [3.05, 3.63) is 59.7 Å². The maximum Gasteiger partial charge on any atom is 0.241 e. The third-order valence-electron chi connectivity index (χ3n) is 3.66. The first-order valence-corrected chi connectivity index (χ1v) is 9.47. The van der Waals surface area contributed by atoms with Crippen LogP contribution in [0, 0.1) is 0 Å². The molecule has 0 aliphatic carbocycles. The molecular weight excluding hydrogens is 374 g/mol. The number of nitrogens with one attached hydrogen (secondary N) is 1. The first-order chi connectivity index (χ1) is 12.7. The van der Waals surface area contributed by atoms with Crippen molar-refractivity contribution < 1.29 is 33.0 Å². The minimum Gasteiger partial charge on any atom is -0.550 e. The van der Waals surface area contributed by atoms with E-state index in [1.807, 2.05) is 6.92 Å². The SMILES string of the molecule is CCOc1ccc([C@@H](CC(=O)[O-])NS(=O)(=O)c2ccc(C(=O)[O-])cc2)cc1. The second-order valence-corrected chi connectivity index (χ2v) is 7.28. The van der Waals surface area contributed by atoms with E-state index in [1.165, 1.54) is 0 Å². The molecule has 8 nitrogen and oxygen atoms in total. The molecular formula is C18H17NO7S-2. The van der Waals surface area contributed by atoms with E-state index in [4.69, 9.17) is 4.74 Å². The molecule has 9 heteroatoms. The van der Waals surface area contributed by atoms with Gasteiger partial charge in [0.05, 0.1) is 23.5 Å². The number of sulfonamides is 1. The van der Waals surface area contributed by atoms with Crippen molar-refractivity contribution in [1.29, 1.82) is 0 Å². The van der Waals surface area contributed by atoms with Gasteiger partial charge >= 0.3 is 0 Å². The van der Waals surface area contributed by atoms with Crippen molar-refractivity contribution in [3.8, 4) is 5.75 Å². The summed E-state index contributed by atoms with van der Waals surface area (Å²) < 4.78 is 32.7. The molecule has 0 unspecified atom stereocenters. The molecule has 0 heterocycles. The first kappa shape index (κ1) is 20.4. The summed E-state index contributed by atoms with van der Waals surface area (Å²) in [6, 6.07) is 9.62. The summed E-state index contributed by atoms with van der Waals surface area (Å²) in [4.78, 5) is 21.6. The summed E-state index contributed by atoms with van der Waals surface area (Å²) in [6.07, 6.45) is -0.579. The number of carboxylic acids is 2. The van der Waals surface area contributed by atoms with Crippen LogP contribution in [0.4, 0.5) is 0 Å². The van der Waals surface area contributed by atoms with Crippen LogP contribution < -0.4 is 19.7 Å². The Morgan fingerprint density at radius 1 is 1.04 bits per heavy atom. The van der Waals surface area contributed by atoms with Gasteiger partial charge in [0, 0.05) is 12.4 Å². The fraction of sp³-hybridized carbons (Fsp3) is 0.222. The van der Waals surface area contributed by atoms with Crippen LogP contribution in [0.25, 0.3) is 0 Å². The lowest BCUT2D eigenvalue weighted by Crippen LogP contribution is -2.34. The molecule has 1 atom stereocenters. The Bertz CT molecular complexity index is 906. The summed E-state index contributed by atoms with van der Waals surface area (Å²) in [5, 5.41) is 21.8. The molecule has 0 spiro atoms. The van der Waals surface area contributed by atoms with Crippen LogP contribution in [-0.4, -0.2) is 27.0 Å². The molecule has 0 radical (unpaired) electrons. The van der Waals surface area contributed by atoms with E-state index < -0.39 is 34.4 Å². The summed E-state index contributed by atoms with van der Waals surface area (Å²) in [7, 11) is -4.10. The average molecular weight is 391 g/mol. The lowest BCUT2D eigenvalue weighted by Gasteiger charge is -2.20.